The van der Waals surface area contributed by atoms with Gasteiger partial charge in [0.1, 0.15) is 5.69 Å². The van der Waals surface area contributed by atoms with Gasteiger partial charge in [-0.15, -0.1) is 0 Å². The average Bonchev–Trinajstić information content (AvgIpc) is 2.56. The average molecular weight is 315 g/mol. The molecule has 114 valence electrons. The lowest BCUT2D eigenvalue weighted by Gasteiger charge is -2.30. The second kappa shape index (κ2) is 6.93. The van der Waals surface area contributed by atoms with Gasteiger partial charge in [0.2, 0.25) is 0 Å². The summed E-state index contributed by atoms with van der Waals surface area (Å²) in [6.07, 6.45) is 5.94. The van der Waals surface area contributed by atoms with E-state index in [-0.39, 0.29) is 11.9 Å². The fraction of sp³-hybridized carbons (Fsp3) is 0.333. The summed E-state index contributed by atoms with van der Waals surface area (Å²) in [5.41, 5.74) is 1.79. The molecule has 0 bridgehead atoms. The lowest BCUT2D eigenvalue weighted by Crippen LogP contribution is -2.38. The number of hydrogen-bond donors (Lipinski definition) is 1. The van der Waals surface area contributed by atoms with Crippen molar-refractivity contribution < 1.29 is 4.79 Å². The first-order chi connectivity index (χ1) is 10.7. The van der Waals surface area contributed by atoms with E-state index in [1.54, 1.807) is 12.3 Å². The second-order valence-corrected chi connectivity index (χ2v) is 6.24. The van der Waals surface area contributed by atoms with E-state index in [0.717, 1.165) is 30.7 Å². The Bertz CT molecular complexity index is 627. The first-order valence-electron chi connectivity index (χ1n) is 7.70. The summed E-state index contributed by atoms with van der Waals surface area (Å²) in [7, 11) is 0. The van der Waals surface area contributed by atoms with Crippen molar-refractivity contribution in [3.63, 3.8) is 0 Å². The molecule has 1 aliphatic rings. The van der Waals surface area contributed by atoms with Crippen molar-refractivity contribution >= 4 is 17.5 Å². The number of halogens is 1. The Balaban J connectivity index is 1.63. The highest BCUT2D eigenvalue weighted by atomic mass is 35.5. The summed E-state index contributed by atoms with van der Waals surface area (Å²) >= 11 is 5.95. The molecule has 0 spiro atoms. The maximum atomic E-state index is 12.2. The molecule has 4 heteroatoms. The number of carbonyl (C=O) groups excluding carboxylic acids is 1. The third-order valence-electron chi connectivity index (χ3n) is 4.25. The molecule has 1 saturated carbocycles. The SMILES string of the molecule is O=C(N[C@@H]1CCC[C@H](c2ccc(Cl)cc2)C1)c1ccccn1. The molecule has 22 heavy (non-hydrogen) atoms. The fourth-order valence-corrected chi connectivity index (χ4v) is 3.24. The molecule has 3 rings (SSSR count). The van der Waals surface area contributed by atoms with Crippen molar-refractivity contribution in [1.29, 1.82) is 0 Å². The highest BCUT2D eigenvalue weighted by Gasteiger charge is 2.24. The number of benzene rings is 1. The lowest BCUT2D eigenvalue weighted by atomic mass is 9.81. The van der Waals surface area contributed by atoms with Crippen LogP contribution in [-0.2, 0) is 0 Å². The summed E-state index contributed by atoms with van der Waals surface area (Å²) in [4.78, 5) is 16.3. The Morgan fingerprint density at radius 1 is 1.14 bits per heavy atom. The maximum Gasteiger partial charge on any atom is 0.270 e. The zero-order chi connectivity index (χ0) is 15.4. The van der Waals surface area contributed by atoms with Crippen LogP contribution in [0.1, 0.15) is 47.7 Å². The van der Waals surface area contributed by atoms with Crippen molar-refractivity contribution in [2.45, 2.75) is 37.6 Å². The van der Waals surface area contributed by atoms with Gasteiger partial charge >= 0.3 is 0 Å². The Hall–Kier alpha value is -1.87. The Labute approximate surface area is 135 Å². The largest absolute Gasteiger partial charge is 0.348 e. The molecular formula is C18H19ClN2O. The smallest absolute Gasteiger partial charge is 0.270 e. The number of amides is 1. The van der Waals surface area contributed by atoms with Crippen molar-refractivity contribution in [2.75, 3.05) is 0 Å². The molecule has 3 nitrogen and oxygen atoms in total. The van der Waals surface area contributed by atoms with Gasteiger partial charge in [0.05, 0.1) is 0 Å². The molecule has 1 N–H and O–H groups in total. The Morgan fingerprint density at radius 3 is 2.68 bits per heavy atom. The number of rotatable bonds is 3. The van der Waals surface area contributed by atoms with Crippen LogP contribution in [0.15, 0.2) is 48.7 Å². The number of nitrogens with one attached hydrogen (secondary N) is 1. The van der Waals surface area contributed by atoms with E-state index >= 15 is 0 Å². The highest BCUT2D eigenvalue weighted by Crippen LogP contribution is 2.33. The van der Waals surface area contributed by atoms with Crippen LogP contribution in [0, 0.1) is 0 Å². The summed E-state index contributed by atoms with van der Waals surface area (Å²) in [6.45, 7) is 0. The molecule has 0 saturated heterocycles. The zero-order valence-corrected chi connectivity index (χ0v) is 13.1. The van der Waals surface area contributed by atoms with Crippen molar-refractivity contribution in [2.24, 2.45) is 0 Å². The van der Waals surface area contributed by atoms with Crippen LogP contribution in [0.2, 0.25) is 5.02 Å². The van der Waals surface area contributed by atoms with E-state index in [9.17, 15) is 4.79 Å². The van der Waals surface area contributed by atoms with E-state index in [1.807, 2.05) is 24.3 Å². The number of hydrogen-bond acceptors (Lipinski definition) is 2. The van der Waals surface area contributed by atoms with Crippen molar-refractivity contribution in [3.8, 4) is 0 Å². The molecule has 1 aromatic heterocycles. The number of nitrogens with zero attached hydrogens (tertiary/aromatic N) is 1. The van der Waals surface area contributed by atoms with E-state index in [1.165, 1.54) is 5.56 Å². The molecule has 2 aromatic rings. The van der Waals surface area contributed by atoms with Gasteiger partial charge in [0, 0.05) is 17.3 Å². The standard InChI is InChI=1S/C18H19ClN2O/c19-15-9-7-13(8-10-15)14-4-3-5-16(12-14)21-18(22)17-6-1-2-11-20-17/h1-2,6-11,14,16H,3-5,12H2,(H,21,22)/t14-,16+/m0/s1. The van der Waals surface area contributed by atoms with Gasteiger partial charge < -0.3 is 5.32 Å². The summed E-state index contributed by atoms with van der Waals surface area (Å²) in [6, 6.07) is 13.7. The van der Waals surface area contributed by atoms with Crippen LogP contribution in [0.25, 0.3) is 0 Å². The van der Waals surface area contributed by atoms with Crippen LogP contribution >= 0.6 is 11.6 Å². The number of carbonyl (C=O) groups is 1. The van der Waals surface area contributed by atoms with Crippen LogP contribution in [0.5, 0.6) is 0 Å². The maximum absolute atomic E-state index is 12.2. The molecule has 2 atom stereocenters. The second-order valence-electron chi connectivity index (χ2n) is 5.80. The van der Waals surface area contributed by atoms with Crippen LogP contribution in [0.4, 0.5) is 0 Å². The van der Waals surface area contributed by atoms with Gasteiger partial charge in [0.15, 0.2) is 0 Å². The summed E-state index contributed by atoms with van der Waals surface area (Å²) in [5.74, 6) is 0.405. The Morgan fingerprint density at radius 2 is 1.95 bits per heavy atom. The minimum atomic E-state index is -0.0812. The minimum absolute atomic E-state index is 0.0812. The molecule has 0 aliphatic heterocycles. The molecule has 1 amide bonds. The van der Waals surface area contributed by atoms with E-state index in [4.69, 9.17) is 11.6 Å². The molecule has 1 fully saturated rings. The Kier molecular flexibility index (Phi) is 4.74. The molecule has 0 unspecified atom stereocenters. The lowest BCUT2D eigenvalue weighted by molar-refractivity contribution is 0.0920. The monoisotopic (exact) mass is 314 g/mol. The van der Waals surface area contributed by atoms with Gasteiger partial charge in [-0.05, 0) is 55.0 Å². The molecule has 0 radical (unpaired) electrons. The van der Waals surface area contributed by atoms with Gasteiger partial charge in [-0.3, -0.25) is 9.78 Å². The van der Waals surface area contributed by atoms with Gasteiger partial charge in [0.25, 0.3) is 5.91 Å². The van der Waals surface area contributed by atoms with Crippen LogP contribution < -0.4 is 5.32 Å². The first kappa shape index (κ1) is 15.0. The third-order valence-corrected chi connectivity index (χ3v) is 4.50. The first-order valence-corrected chi connectivity index (χ1v) is 8.07. The number of pyridine rings is 1. The molecule has 1 aromatic carbocycles. The molecule has 1 aliphatic carbocycles. The minimum Gasteiger partial charge on any atom is -0.348 e. The normalized spacial score (nSPS) is 21.3. The highest BCUT2D eigenvalue weighted by molar-refractivity contribution is 6.30. The van der Waals surface area contributed by atoms with Crippen molar-refractivity contribution in [1.82, 2.24) is 10.3 Å². The van der Waals surface area contributed by atoms with E-state index < -0.39 is 0 Å². The van der Waals surface area contributed by atoms with Gasteiger partial charge in [-0.25, -0.2) is 0 Å². The quantitative estimate of drug-likeness (QED) is 0.923. The van der Waals surface area contributed by atoms with Gasteiger partial charge in [-0.2, -0.15) is 0 Å². The third kappa shape index (κ3) is 3.66. The summed E-state index contributed by atoms with van der Waals surface area (Å²) < 4.78 is 0. The topological polar surface area (TPSA) is 42.0 Å². The van der Waals surface area contributed by atoms with Gasteiger partial charge in [-0.1, -0.05) is 36.2 Å². The fourth-order valence-electron chi connectivity index (χ4n) is 3.11. The zero-order valence-electron chi connectivity index (χ0n) is 12.3. The van der Waals surface area contributed by atoms with E-state index in [0.29, 0.717) is 11.6 Å². The van der Waals surface area contributed by atoms with E-state index in [2.05, 4.69) is 22.4 Å². The predicted molar refractivity (Wildman–Crippen MR) is 88.2 cm³/mol. The molecular weight excluding hydrogens is 296 g/mol. The molecule has 1 heterocycles. The number of aromatic nitrogens is 1. The predicted octanol–water partition coefficient (Wildman–Crippen LogP) is 4.19. The summed E-state index contributed by atoms with van der Waals surface area (Å²) in [5, 5.41) is 3.88. The van der Waals surface area contributed by atoms with Crippen molar-refractivity contribution in [3.05, 3.63) is 64.9 Å². The van der Waals surface area contributed by atoms with Crippen LogP contribution in [0.3, 0.4) is 0 Å². The van der Waals surface area contributed by atoms with Crippen LogP contribution in [-0.4, -0.2) is 16.9 Å².